The fourth-order valence-corrected chi connectivity index (χ4v) is 3.89. The van der Waals surface area contributed by atoms with Gasteiger partial charge in [0.25, 0.3) is 5.91 Å². The Labute approximate surface area is 118 Å². The monoisotopic (exact) mass is 276 g/mol. The van der Waals surface area contributed by atoms with Crippen LogP contribution in [0, 0.1) is 5.92 Å². The standard InChI is InChI=1S/C15H20N2OS/c1-19-14-7-3-2-6-12(14)15(18)17-8-4-5-11-9-16-10-13(11)17/h2-3,6-7,11,13,16H,4-5,8-10H2,1H3. The SMILES string of the molecule is CSc1ccccc1C(=O)N1CCCC2CNCC21. The topological polar surface area (TPSA) is 32.3 Å². The first-order chi connectivity index (χ1) is 9.31. The highest BCUT2D eigenvalue weighted by Gasteiger charge is 2.37. The molecular formula is C15H20N2OS. The van der Waals surface area contributed by atoms with Crippen LogP contribution in [-0.2, 0) is 0 Å². The highest BCUT2D eigenvalue weighted by atomic mass is 32.2. The van der Waals surface area contributed by atoms with Crippen molar-refractivity contribution < 1.29 is 4.79 Å². The molecule has 0 bridgehead atoms. The van der Waals surface area contributed by atoms with E-state index < -0.39 is 0 Å². The smallest absolute Gasteiger partial charge is 0.255 e. The van der Waals surface area contributed by atoms with Gasteiger partial charge in [-0.15, -0.1) is 11.8 Å². The van der Waals surface area contributed by atoms with Crippen LogP contribution in [0.3, 0.4) is 0 Å². The third-order valence-electron chi connectivity index (χ3n) is 4.28. The Balaban J connectivity index is 1.86. The molecular weight excluding hydrogens is 256 g/mol. The molecule has 1 amide bonds. The Morgan fingerprint density at radius 2 is 2.21 bits per heavy atom. The first-order valence-electron chi connectivity index (χ1n) is 6.96. The van der Waals surface area contributed by atoms with E-state index in [1.54, 1.807) is 11.8 Å². The lowest BCUT2D eigenvalue weighted by atomic mass is 9.91. The molecule has 3 nitrogen and oxygen atoms in total. The molecule has 102 valence electrons. The first kappa shape index (κ1) is 13.0. The Morgan fingerprint density at radius 3 is 3.05 bits per heavy atom. The van der Waals surface area contributed by atoms with Gasteiger partial charge in [0.05, 0.1) is 5.56 Å². The van der Waals surface area contributed by atoms with Gasteiger partial charge in [0, 0.05) is 30.6 Å². The van der Waals surface area contributed by atoms with Crippen molar-refractivity contribution in [3.05, 3.63) is 29.8 Å². The Morgan fingerprint density at radius 1 is 1.37 bits per heavy atom. The van der Waals surface area contributed by atoms with Crippen molar-refractivity contribution in [1.82, 2.24) is 10.2 Å². The zero-order valence-electron chi connectivity index (χ0n) is 11.3. The molecule has 0 spiro atoms. The van der Waals surface area contributed by atoms with Crippen molar-refractivity contribution in [3.63, 3.8) is 0 Å². The summed E-state index contributed by atoms with van der Waals surface area (Å²) < 4.78 is 0. The van der Waals surface area contributed by atoms with Crippen molar-refractivity contribution in [3.8, 4) is 0 Å². The summed E-state index contributed by atoms with van der Waals surface area (Å²) in [6, 6.07) is 8.35. The largest absolute Gasteiger partial charge is 0.334 e. The zero-order chi connectivity index (χ0) is 13.2. The molecule has 4 heteroatoms. The van der Waals surface area contributed by atoms with Crippen molar-refractivity contribution in [2.75, 3.05) is 25.9 Å². The molecule has 1 aromatic carbocycles. The molecule has 2 aliphatic heterocycles. The molecule has 3 rings (SSSR count). The minimum atomic E-state index is 0.211. The van der Waals surface area contributed by atoms with Gasteiger partial charge in [-0.25, -0.2) is 0 Å². The number of nitrogens with zero attached hydrogens (tertiary/aromatic N) is 1. The molecule has 2 aliphatic rings. The average molecular weight is 276 g/mol. The van der Waals surface area contributed by atoms with E-state index in [1.807, 2.05) is 30.5 Å². The Bertz CT molecular complexity index is 477. The van der Waals surface area contributed by atoms with Crippen LogP contribution in [0.2, 0.25) is 0 Å². The summed E-state index contributed by atoms with van der Waals surface area (Å²) in [5.41, 5.74) is 0.863. The summed E-state index contributed by atoms with van der Waals surface area (Å²) in [6.07, 6.45) is 4.42. The van der Waals surface area contributed by atoms with E-state index in [2.05, 4.69) is 10.2 Å². The van der Waals surface area contributed by atoms with Gasteiger partial charge in [0.1, 0.15) is 0 Å². The number of hydrogen-bond donors (Lipinski definition) is 1. The summed E-state index contributed by atoms with van der Waals surface area (Å²) in [7, 11) is 0. The fraction of sp³-hybridized carbons (Fsp3) is 0.533. The number of thioether (sulfide) groups is 1. The highest BCUT2D eigenvalue weighted by molar-refractivity contribution is 7.98. The van der Waals surface area contributed by atoms with Crippen molar-refractivity contribution >= 4 is 17.7 Å². The van der Waals surface area contributed by atoms with E-state index in [0.29, 0.717) is 12.0 Å². The van der Waals surface area contributed by atoms with E-state index in [1.165, 1.54) is 6.42 Å². The van der Waals surface area contributed by atoms with Crippen LogP contribution in [0.15, 0.2) is 29.2 Å². The predicted octanol–water partition coefficient (Wildman–Crippen LogP) is 2.23. The zero-order valence-corrected chi connectivity index (χ0v) is 12.1. The summed E-state index contributed by atoms with van der Waals surface area (Å²) in [6.45, 7) is 2.93. The number of carbonyl (C=O) groups is 1. The minimum Gasteiger partial charge on any atom is -0.334 e. The van der Waals surface area contributed by atoms with Crippen LogP contribution in [0.4, 0.5) is 0 Å². The molecule has 0 radical (unpaired) electrons. The maximum atomic E-state index is 12.8. The Kier molecular flexibility index (Phi) is 3.80. The quantitative estimate of drug-likeness (QED) is 0.841. The van der Waals surface area contributed by atoms with Crippen LogP contribution in [0.1, 0.15) is 23.2 Å². The summed E-state index contributed by atoms with van der Waals surface area (Å²) in [4.78, 5) is 16.0. The van der Waals surface area contributed by atoms with E-state index in [9.17, 15) is 4.79 Å². The maximum absolute atomic E-state index is 12.8. The number of benzene rings is 1. The number of fused-ring (bicyclic) bond motifs is 1. The third-order valence-corrected chi connectivity index (χ3v) is 5.07. The fourth-order valence-electron chi connectivity index (χ4n) is 3.30. The Hall–Kier alpha value is -1.00. The lowest BCUT2D eigenvalue weighted by molar-refractivity contribution is 0.0571. The minimum absolute atomic E-state index is 0.211. The summed E-state index contributed by atoms with van der Waals surface area (Å²) in [5, 5.41) is 3.43. The van der Waals surface area contributed by atoms with Crippen LogP contribution < -0.4 is 5.32 Å². The molecule has 19 heavy (non-hydrogen) atoms. The van der Waals surface area contributed by atoms with Crippen LogP contribution in [0.5, 0.6) is 0 Å². The van der Waals surface area contributed by atoms with Gasteiger partial charge in [0.15, 0.2) is 0 Å². The number of amides is 1. The van der Waals surface area contributed by atoms with E-state index >= 15 is 0 Å². The number of carbonyl (C=O) groups excluding carboxylic acids is 1. The van der Waals surface area contributed by atoms with E-state index in [-0.39, 0.29) is 5.91 Å². The molecule has 2 heterocycles. The molecule has 2 unspecified atom stereocenters. The third kappa shape index (κ3) is 2.39. The normalized spacial score (nSPS) is 26.3. The maximum Gasteiger partial charge on any atom is 0.255 e. The number of nitrogens with one attached hydrogen (secondary N) is 1. The van der Waals surface area contributed by atoms with Gasteiger partial charge in [-0.1, -0.05) is 12.1 Å². The van der Waals surface area contributed by atoms with Gasteiger partial charge in [0.2, 0.25) is 0 Å². The number of likely N-dealkylation sites (tertiary alicyclic amines) is 1. The second-order valence-corrected chi connectivity index (χ2v) is 6.17. The lowest BCUT2D eigenvalue weighted by Gasteiger charge is -2.37. The summed E-state index contributed by atoms with van der Waals surface area (Å²) in [5.74, 6) is 0.863. The molecule has 2 atom stereocenters. The van der Waals surface area contributed by atoms with Crippen molar-refractivity contribution in [2.45, 2.75) is 23.8 Å². The van der Waals surface area contributed by atoms with Crippen LogP contribution in [0.25, 0.3) is 0 Å². The van der Waals surface area contributed by atoms with Gasteiger partial charge < -0.3 is 10.2 Å². The van der Waals surface area contributed by atoms with Gasteiger partial charge >= 0.3 is 0 Å². The molecule has 1 N–H and O–H groups in total. The van der Waals surface area contributed by atoms with Gasteiger partial charge in [-0.2, -0.15) is 0 Å². The molecule has 2 saturated heterocycles. The van der Waals surface area contributed by atoms with Crippen LogP contribution >= 0.6 is 11.8 Å². The molecule has 2 fully saturated rings. The molecule has 0 aromatic heterocycles. The second-order valence-electron chi connectivity index (χ2n) is 5.33. The number of hydrogen-bond acceptors (Lipinski definition) is 3. The van der Waals surface area contributed by atoms with Gasteiger partial charge in [-0.05, 0) is 37.1 Å². The van der Waals surface area contributed by atoms with Gasteiger partial charge in [-0.3, -0.25) is 4.79 Å². The summed E-state index contributed by atoms with van der Waals surface area (Å²) >= 11 is 1.65. The highest BCUT2D eigenvalue weighted by Crippen LogP contribution is 2.29. The molecule has 1 aromatic rings. The van der Waals surface area contributed by atoms with Crippen molar-refractivity contribution in [2.24, 2.45) is 5.92 Å². The van der Waals surface area contributed by atoms with Crippen molar-refractivity contribution in [1.29, 1.82) is 0 Å². The second kappa shape index (κ2) is 5.55. The molecule has 0 aliphatic carbocycles. The van der Waals surface area contributed by atoms with Crippen LogP contribution in [-0.4, -0.2) is 42.7 Å². The lowest BCUT2D eigenvalue weighted by Crippen LogP contribution is -2.48. The number of piperidine rings is 1. The van der Waals surface area contributed by atoms with E-state index in [4.69, 9.17) is 0 Å². The first-order valence-corrected chi connectivity index (χ1v) is 8.18. The van der Waals surface area contributed by atoms with E-state index in [0.717, 1.165) is 36.5 Å². The predicted molar refractivity (Wildman–Crippen MR) is 78.6 cm³/mol. The average Bonchev–Trinajstić information content (AvgIpc) is 2.94. The number of rotatable bonds is 2. The molecule has 0 saturated carbocycles.